The molecule has 0 fully saturated rings. The van der Waals surface area contributed by atoms with E-state index in [0.29, 0.717) is 5.57 Å². The van der Waals surface area contributed by atoms with Gasteiger partial charge in [-0.25, -0.2) is 0 Å². The van der Waals surface area contributed by atoms with E-state index in [0.717, 1.165) is 17.5 Å². The van der Waals surface area contributed by atoms with Gasteiger partial charge in [-0.1, -0.05) is 6.07 Å². The highest BCUT2D eigenvalue weighted by Gasteiger charge is 1.94. The Morgan fingerprint density at radius 2 is 2.33 bits per heavy atom. The first kappa shape index (κ1) is 8.65. The van der Waals surface area contributed by atoms with Crippen LogP contribution in [0.15, 0.2) is 23.9 Å². The third-order valence-electron chi connectivity index (χ3n) is 1.60. The van der Waals surface area contributed by atoms with Gasteiger partial charge in [0.05, 0.1) is 5.69 Å². The number of nitrogens with zero attached hydrogens (tertiary/aromatic N) is 1. The molecule has 1 aromatic heterocycles. The van der Waals surface area contributed by atoms with Crippen molar-refractivity contribution in [3.8, 4) is 0 Å². The number of pyridine rings is 1. The molecular weight excluding hydrogens is 150 g/mol. The zero-order chi connectivity index (χ0) is 8.97. The van der Waals surface area contributed by atoms with Gasteiger partial charge >= 0.3 is 0 Å². The van der Waals surface area contributed by atoms with Crippen LogP contribution in [0.5, 0.6) is 0 Å². The minimum absolute atomic E-state index is 0.691. The minimum atomic E-state index is 0.691. The number of aryl methyl sites for hydroxylation is 1. The van der Waals surface area contributed by atoms with Gasteiger partial charge in [0.2, 0.25) is 0 Å². The van der Waals surface area contributed by atoms with Crippen molar-refractivity contribution < 1.29 is 4.79 Å². The number of carbonyl (C=O) groups is 1. The molecule has 62 valence electrons. The van der Waals surface area contributed by atoms with Gasteiger partial charge < -0.3 is 0 Å². The van der Waals surface area contributed by atoms with Gasteiger partial charge in [-0.2, -0.15) is 0 Å². The molecule has 0 saturated carbocycles. The second kappa shape index (κ2) is 3.81. The summed E-state index contributed by atoms with van der Waals surface area (Å²) < 4.78 is 0. The summed E-state index contributed by atoms with van der Waals surface area (Å²) in [7, 11) is 0. The maximum Gasteiger partial charge on any atom is 0.145 e. The van der Waals surface area contributed by atoms with Crippen molar-refractivity contribution in [1.29, 1.82) is 0 Å². The highest BCUT2D eigenvalue weighted by molar-refractivity contribution is 5.80. The predicted molar refractivity (Wildman–Crippen MR) is 48.7 cm³/mol. The van der Waals surface area contributed by atoms with Crippen LogP contribution in [0.4, 0.5) is 0 Å². The van der Waals surface area contributed by atoms with Gasteiger partial charge in [-0.3, -0.25) is 9.78 Å². The molecule has 0 unspecified atom stereocenters. The first-order valence-corrected chi connectivity index (χ1v) is 3.79. The Kier molecular flexibility index (Phi) is 2.75. The highest BCUT2D eigenvalue weighted by Crippen LogP contribution is 2.07. The third-order valence-corrected chi connectivity index (χ3v) is 1.60. The van der Waals surface area contributed by atoms with Crippen LogP contribution in [0, 0.1) is 6.92 Å². The summed E-state index contributed by atoms with van der Waals surface area (Å²) in [5.41, 5.74) is 2.64. The maximum atomic E-state index is 10.3. The van der Waals surface area contributed by atoms with E-state index in [9.17, 15) is 4.79 Å². The lowest BCUT2D eigenvalue weighted by Gasteiger charge is -1.97. The fraction of sp³-hybridized carbons (Fsp3) is 0.200. The fourth-order valence-corrected chi connectivity index (χ4v) is 0.899. The average molecular weight is 161 g/mol. The number of hydrogen-bond acceptors (Lipinski definition) is 2. The highest BCUT2D eigenvalue weighted by atomic mass is 16.1. The van der Waals surface area contributed by atoms with Crippen LogP contribution in [0.3, 0.4) is 0 Å². The lowest BCUT2D eigenvalue weighted by Crippen LogP contribution is -1.86. The van der Waals surface area contributed by atoms with E-state index >= 15 is 0 Å². The SMILES string of the molecule is CC(C=O)=Cc1ncccc1C. The number of aldehydes is 1. The van der Waals surface area contributed by atoms with Crippen molar-refractivity contribution in [2.45, 2.75) is 13.8 Å². The van der Waals surface area contributed by atoms with Crippen LogP contribution in [0.2, 0.25) is 0 Å². The summed E-state index contributed by atoms with van der Waals surface area (Å²) in [6.45, 7) is 3.73. The van der Waals surface area contributed by atoms with Crippen LogP contribution >= 0.6 is 0 Å². The summed E-state index contributed by atoms with van der Waals surface area (Å²) in [4.78, 5) is 14.5. The molecule has 2 heteroatoms. The predicted octanol–water partition coefficient (Wildman–Crippen LogP) is 1.99. The Hall–Kier alpha value is -1.44. The molecule has 1 rings (SSSR count). The molecule has 0 radical (unpaired) electrons. The van der Waals surface area contributed by atoms with E-state index in [2.05, 4.69) is 4.98 Å². The molecule has 0 aliphatic rings. The molecule has 1 heterocycles. The number of aromatic nitrogens is 1. The van der Waals surface area contributed by atoms with E-state index in [-0.39, 0.29) is 0 Å². The topological polar surface area (TPSA) is 30.0 Å². The van der Waals surface area contributed by atoms with Gasteiger partial charge in [-0.15, -0.1) is 0 Å². The number of allylic oxidation sites excluding steroid dienone is 1. The summed E-state index contributed by atoms with van der Waals surface area (Å²) >= 11 is 0. The Morgan fingerprint density at radius 3 is 2.92 bits per heavy atom. The van der Waals surface area contributed by atoms with Gasteiger partial charge in [0, 0.05) is 6.20 Å². The van der Waals surface area contributed by atoms with Gasteiger partial charge in [0.15, 0.2) is 0 Å². The molecule has 0 atom stereocenters. The molecule has 0 spiro atoms. The van der Waals surface area contributed by atoms with E-state index < -0.39 is 0 Å². The number of rotatable bonds is 2. The summed E-state index contributed by atoms with van der Waals surface area (Å²) in [5.74, 6) is 0. The molecule has 2 nitrogen and oxygen atoms in total. The van der Waals surface area contributed by atoms with Crippen LogP contribution in [-0.2, 0) is 4.79 Å². The maximum absolute atomic E-state index is 10.3. The molecular formula is C10H11NO. The van der Waals surface area contributed by atoms with Crippen molar-refractivity contribution in [2.24, 2.45) is 0 Å². The molecule has 0 bridgehead atoms. The van der Waals surface area contributed by atoms with E-state index in [1.165, 1.54) is 0 Å². The van der Waals surface area contributed by atoms with Crippen LogP contribution < -0.4 is 0 Å². The van der Waals surface area contributed by atoms with Crippen molar-refractivity contribution in [1.82, 2.24) is 4.98 Å². The second-order valence-corrected chi connectivity index (χ2v) is 2.71. The Labute approximate surface area is 71.9 Å². The first-order valence-electron chi connectivity index (χ1n) is 3.79. The molecule has 0 aliphatic carbocycles. The van der Waals surface area contributed by atoms with Crippen LogP contribution in [0.25, 0.3) is 6.08 Å². The zero-order valence-corrected chi connectivity index (χ0v) is 7.24. The fourth-order valence-electron chi connectivity index (χ4n) is 0.899. The lowest BCUT2D eigenvalue weighted by molar-refractivity contribution is -0.104. The second-order valence-electron chi connectivity index (χ2n) is 2.71. The number of carbonyl (C=O) groups excluding carboxylic acids is 1. The minimum Gasteiger partial charge on any atom is -0.298 e. The monoisotopic (exact) mass is 161 g/mol. The van der Waals surface area contributed by atoms with Gasteiger partial charge in [0.25, 0.3) is 0 Å². The van der Waals surface area contributed by atoms with Crippen molar-refractivity contribution >= 4 is 12.4 Å². The zero-order valence-electron chi connectivity index (χ0n) is 7.24. The largest absolute Gasteiger partial charge is 0.298 e. The molecule has 12 heavy (non-hydrogen) atoms. The molecule has 0 saturated heterocycles. The van der Waals surface area contributed by atoms with Crippen molar-refractivity contribution in [2.75, 3.05) is 0 Å². The standard InChI is InChI=1S/C10H11NO/c1-8(7-12)6-10-9(2)4-3-5-11-10/h3-7H,1-2H3. The Bertz CT molecular complexity index is 315. The van der Waals surface area contributed by atoms with Crippen LogP contribution in [-0.4, -0.2) is 11.3 Å². The van der Waals surface area contributed by atoms with E-state index in [1.54, 1.807) is 19.2 Å². The normalized spacial score (nSPS) is 11.3. The van der Waals surface area contributed by atoms with Crippen molar-refractivity contribution in [3.05, 3.63) is 35.2 Å². The Balaban J connectivity index is 3.04. The van der Waals surface area contributed by atoms with Crippen molar-refractivity contribution in [3.63, 3.8) is 0 Å². The van der Waals surface area contributed by atoms with E-state index in [4.69, 9.17) is 0 Å². The lowest BCUT2D eigenvalue weighted by atomic mass is 10.2. The average Bonchev–Trinajstić information content (AvgIpc) is 2.09. The third kappa shape index (κ3) is 2.02. The van der Waals surface area contributed by atoms with Gasteiger partial charge in [-0.05, 0) is 37.1 Å². The Morgan fingerprint density at radius 1 is 1.58 bits per heavy atom. The quantitative estimate of drug-likeness (QED) is 0.490. The number of hydrogen-bond donors (Lipinski definition) is 0. The molecule has 0 amide bonds. The first-order chi connectivity index (χ1) is 5.74. The smallest absolute Gasteiger partial charge is 0.145 e. The molecule has 0 N–H and O–H groups in total. The molecule has 0 aliphatic heterocycles. The summed E-state index contributed by atoms with van der Waals surface area (Å²) in [6.07, 6.45) is 4.33. The van der Waals surface area contributed by atoms with Gasteiger partial charge in [0.1, 0.15) is 6.29 Å². The summed E-state index contributed by atoms with van der Waals surface area (Å²) in [6, 6.07) is 3.85. The molecule has 0 aromatic carbocycles. The summed E-state index contributed by atoms with van der Waals surface area (Å²) in [5, 5.41) is 0. The van der Waals surface area contributed by atoms with Crippen LogP contribution in [0.1, 0.15) is 18.2 Å². The molecule has 1 aromatic rings. The van der Waals surface area contributed by atoms with E-state index in [1.807, 2.05) is 19.1 Å².